The maximum atomic E-state index is 11.9. The molecule has 0 saturated carbocycles. The molecule has 1 rings (SSSR count). The average molecular weight is 285 g/mol. The van der Waals surface area contributed by atoms with Crippen LogP contribution in [0.3, 0.4) is 0 Å². The molecule has 0 spiro atoms. The Kier molecular flexibility index (Phi) is 5.44. The summed E-state index contributed by atoms with van der Waals surface area (Å²) in [6, 6.07) is -0.910. The van der Waals surface area contributed by atoms with Gasteiger partial charge in [-0.1, -0.05) is 20.3 Å². The summed E-state index contributed by atoms with van der Waals surface area (Å²) in [4.78, 5) is 26.6. The molecular formula is C12H19N3O3S. The highest BCUT2D eigenvalue weighted by atomic mass is 32.1. The number of carboxylic acid groups (broad SMARTS) is 1. The molecule has 1 heterocycles. The number of aromatic nitrogens is 1. The molecular weight excluding hydrogens is 266 g/mol. The van der Waals surface area contributed by atoms with Gasteiger partial charge in [-0.15, -0.1) is 11.3 Å². The van der Waals surface area contributed by atoms with Gasteiger partial charge in [0.1, 0.15) is 5.01 Å². The van der Waals surface area contributed by atoms with Crippen molar-refractivity contribution >= 4 is 23.2 Å². The molecule has 0 aliphatic rings. The number of carbonyl (C=O) groups is 2. The van der Waals surface area contributed by atoms with E-state index in [2.05, 4.69) is 10.3 Å². The van der Waals surface area contributed by atoms with Crippen molar-refractivity contribution in [2.24, 2.45) is 11.7 Å². The second-order valence-corrected chi connectivity index (χ2v) is 5.41. The molecule has 0 aliphatic carbocycles. The van der Waals surface area contributed by atoms with Gasteiger partial charge < -0.3 is 16.2 Å². The van der Waals surface area contributed by atoms with Crippen LogP contribution in [-0.2, 0) is 4.79 Å². The van der Waals surface area contributed by atoms with Crippen molar-refractivity contribution in [2.75, 3.05) is 0 Å². The standard InChI is InChI=1S/C12H19N3O3S/c1-4-6(2)9(13)10(16)14-7(3)11-15-8(5-19-11)12(17)18/h5-7,9H,4,13H2,1-3H3,(H,14,16)(H,17,18)/t6-,7?,9-/m0/s1. The minimum Gasteiger partial charge on any atom is -0.476 e. The normalized spacial score (nSPS) is 15.6. The molecule has 0 aromatic carbocycles. The number of carbonyl (C=O) groups excluding carboxylic acids is 1. The molecule has 1 aromatic heterocycles. The number of rotatable bonds is 6. The lowest BCUT2D eigenvalue weighted by Gasteiger charge is -2.20. The van der Waals surface area contributed by atoms with Crippen LogP contribution in [0.15, 0.2) is 5.38 Å². The average Bonchev–Trinajstić information content (AvgIpc) is 2.86. The van der Waals surface area contributed by atoms with Crippen molar-refractivity contribution in [3.63, 3.8) is 0 Å². The van der Waals surface area contributed by atoms with Crippen LogP contribution in [-0.4, -0.2) is 28.0 Å². The smallest absolute Gasteiger partial charge is 0.355 e. The van der Waals surface area contributed by atoms with E-state index in [1.54, 1.807) is 6.92 Å². The lowest BCUT2D eigenvalue weighted by Crippen LogP contribution is -2.45. The molecule has 6 nitrogen and oxygen atoms in total. The molecule has 3 atom stereocenters. The Balaban J connectivity index is 2.65. The second-order valence-electron chi connectivity index (χ2n) is 4.52. The Morgan fingerprint density at radius 3 is 2.63 bits per heavy atom. The zero-order chi connectivity index (χ0) is 14.6. The maximum absolute atomic E-state index is 11.9. The Labute approximate surface area is 116 Å². The Morgan fingerprint density at radius 1 is 1.53 bits per heavy atom. The number of aromatic carboxylic acids is 1. The summed E-state index contributed by atoms with van der Waals surface area (Å²) in [5.74, 6) is -1.22. The van der Waals surface area contributed by atoms with Crippen molar-refractivity contribution in [3.8, 4) is 0 Å². The lowest BCUT2D eigenvalue weighted by atomic mass is 9.99. The first-order chi connectivity index (χ1) is 8.86. The van der Waals surface area contributed by atoms with E-state index in [4.69, 9.17) is 10.8 Å². The lowest BCUT2D eigenvalue weighted by molar-refractivity contribution is -0.124. The third-order valence-corrected chi connectivity index (χ3v) is 4.06. The fourth-order valence-electron chi connectivity index (χ4n) is 1.47. The van der Waals surface area contributed by atoms with Crippen molar-refractivity contribution in [2.45, 2.75) is 39.3 Å². The molecule has 0 aliphatic heterocycles. The third kappa shape index (κ3) is 4.00. The summed E-state index contributed by atoms with van der Waals surface area (Å²) in [6.07, 6.45) is 0.823. The van der Waals surface area contributed by atoms with Crippen molar-refractivity contribution in [1.29, 1.82) is 0 Å². The first kappa shape index (κ1) is 15.6. The third-order valence-electron chi connectivity index (χ3n) is 3.03. The van der Waals surface area contributed by atoms with Gasteiger partial charge in [0.2, 0.25) is 5.91 Å². The maximum Gasteiger partial charge on any atom is 0.355 e. The van der Waals surface area contributed by atoms with Crippen LogP contribution in [0.4, 0.5) is 0 Å². The largest absolute Gasteiger partial charge is 0.476 e. The van der Waals surface area contributed by atoms with Crippen molar-refractivity contribution in [1.82, 2.24) is 10.3 Å². The van der Waals surface area contributed by atoms with E-state index < -0.39 is 12.0 Å². The van der Waals surface area contributed by atoms with Gasteiger partial charge in [-0.2, -0.15) is 0 Å². The summed E-state index contributed by atoms with van der Waals surface area (Å²) in [5, 5.41) is 13.6. The SMILES string of the molecule is CC[C@H](C)[C@H](N)C(=O)NC(C)c1nc(C(=O)O)cs1. The molecule has 1 unspecified atom stereocenters. The number of nitrogens with one attached hydrogen (secondary N) is 1. The fourth-order valence-corrected chi connectivity index (χ4v) is 2.27. The molecule has 0 saturated heterocycles. The van der Waals surface area contributed by atoms with Gasteiger partial charge in [0.15, 0.2) is 5.69 Å². The highest BCUT2D eigenvalue weighted by molar-refractivity contribution is 7.09. The Hall–Kier alpha value is -1.47. The predicted octanol–water partition coefficient (Wildman–Crippen LogP) is 1.39. The molecule has 1 aromatic rings. The minimum absolute atomic E-state index is 0.00711. The quantitative estimate of drug-likeness (QED) is 0.732. The number of carboxylic acids is 1. The molecule has 1 amide bonds. The van der Waals surface area contributed by atoms with Gasteiger partial charge in [-0.25, -0.2) is 9.78 Å². The van der Waals surface area contributed by atoms with Crippen molar-refractivity contribution in [3.05, 3.63) is 16.1 Å². The van der Waals surface area contributed by atoms with Gasteiger partial charge in [0.25, 0.3) is 0 Å². The van der Waals surface area contributed by atoms with E-state index in [0.717, 1.165) is 6.42 Å². The predicted molar refractivity (Wildman–Crippen MR) is 73.1 cm³/mol. The molecule has 0 fully saturated rings. The van der Waals surface area contributed by atoms with E-state index in [9.17, 15) is 9.59 Å². The van der Waals surface area contributed by atoms with E-state index in [1.807, 2.05) is 13.8 Å². The molecule has 19 heavy (non-hydrogen) atoms. The molecule has 106 valence electrons. The monoisotopic (exact) mass is 285 g/mol. The van der Waals surface area contributed by atoms with Gasteiger partial charge in [0, 0.05) is 5.38 Å². The molecule has 4 N–H and O–H groups in total. The molecule has 0 bridgehead atoms. The van der Waals surface area contributed by atoms with Gasteiger partial charge in [-0.05, 0) is 12.8 Å². The number of nitrogens with zero attached hydrogens (tertiary/aromatic N) is 1. The topological polar surface area (TPSA) is 105 Å². The highest BCUT2D eigenvalue weighted by Crippen LogP contribution is 2.18. The fraction of sp³-hybridized carbons (Fsp3) is 0.583. The summed E-state index contributed by atoms with van der Waals surface area (Å²) in [7, 11) is 0. The summed E-state index contributed by atoms with van der Waals surface area (Å²) in [6.45, 7) is 5.65. The number of nitrogens with two attached hydrogens (primary N) is 1. The van der Waals surface area contributed by atoms with E-state index in [0.29, 0.717) is 5.01 Å². The first-order valence-corrected chi connectivity index (χ1v) is 6.99. The van der Waals surface area contributed by atoms with Crippen LogP contribution >= 0.6 is 11.3 Å². The number of hydrogen-bond donors (Lipinski definition) is 3. The summed E-state index contributed by atoms with van der Waals surface area (Å²) >= 11 is 1.21. The zero-order valence-electron chi connectivity index (χ0n) is 11.2. The minimum atomic E-state index is -1.07. The van der Waals surface area contributed by atoms with Gasteiger partial charge in [0.05, 0.1) is 12.1 Å². The van der Waals surface area contributed by atoms with Crippen LogP contribution in [0, 0.1) is 5.92 Å². The second kappa shape index (κ2) is 6.63. The van der Waals surface area contributed by atoms with Crippen LogP contribution in [0.1, 0.15) is 48.7 Å². The van der Waals surface area contributed by atoms with Crippen LogP contribution in [0.2, 0.25) is 0 Å². The van der Waals surface area contributed by atoms with Gasteiger partial charge >= 0.3 is 5.97 Å². The summed E-state index contributed by atoms with van der Waals surface area (Å²) < 4.78 is 0. The number of amides is 1. The molecule has 7 heteroatoms. The van der Waals surface area contributed by atoms with E-state index in [-0.39, 0.29) is 23.6 Å². The number of hydrogen-bond acceptors (Lipinski definition) is 5. The summed E-state index contributed by atoms with van der Waals surface area (Å²) in [5.41, 5.74) is 5.82. The van der Waals surface area contributed by atoms with Gasteiger partial charge in [-0.3, -0.25) is 4.79 Å². The van der Waals surface area contributed by atoms with Crippen LogP contribution in [0.5, 0.6) is 0 Å². The van der Waals surface area contributed by atoms with Crippen LogP contribution < -0.4 is 11.1 Å². The number of thiazole rings is 1. The zero-order valence-corrected chi connectivity index (χ0v) is 12.0. The first-order valence-electron chi connectivity index (χ1n) is 6.11. The van der Waals surface area contributed by atoms with Crippen LogP contribution in [0.25, 0.3) is 0 Å². The van der Waals surface area contributed by atoms with E-state index >= 15 is 0 Å². The molecule has 0 radical (unpaired) electrons. The van der Waals surface area contributed by atoms with Crippen molar-refractivity contribution < 1.29 is 14.7 Å². The highest BCUT2D eigenvalue weighted by Gasteiger charge is 2.22. The van der Waals surface area contributed by atoms with E-state index in [1.165, 1.54) is 16.7 Å². The Bertz CT molecular complexity index is 461. The Morgan fingerprint density at radius 2 is 2.16 bits per heavy atom.